The zero-order chi connectivity index (χ0) is 12.7. The Balaban J connectivity index is 2.67. The quantitative estimate of drug-likeness (QED) is 0.837. The van der Waals surface area contributed by atoms with Crippen LogP contribution in [0.2, 0.25) is 0 Å². The molecular formula is C12H20BrN3O. The van der Waals surface area contributed by atoms with E-state index in [1.54, 1.807) is 0 Å². The summed E-state index contributed by atoms with van der Waals surface area (Å²) in [5, 5.41) is 3.15. The lowest BCUT2D eigenvalue weighted by Crippen LogP contribution is -2.12. The van der Waals surface area contributed by atoms with Gasteiger partial charge in [0.1, 0.15) is 16.6 Å². The molecule has 0 bridgehead atoms. The lowest BCUT2D eigenvalue weighted by molar-refractivity contribution is 0.231. The third kappa shape index (κ3) is 4.15. The van der Waals surface area contributed by atoms with Crippen LogP contribution >= 0.6 is 15.9 Å². The summed E-state index contributed by atoms with van der Waals surface area (Å²) in [4.78, 5) is 8.29. The zero-order valence-electron chi connectivity index (χ0n) is 10.7. The minimum atomic E-state index is 0.583. The van der Waals surface area contributed by atoms with Crippen molar-refractivity contribution in [3.63, 3.8) is 0 Å². The molecular weight excluding hydrogens is 282 g/mol. The van der Waals surface area contributed by atoms with E-state index in [1.165, 1.54) is 6.33 Å². The van der Waals surface area contributed by atoms with Crippen LogP contribution in [0.1, 0.15) is 33.6 Å². The third-order valence-corrected chi connectivity index (χ3v) is 3.43. The van der Waals surface area contributed by atoms with E-state index in [2.05, 4.69) is 45.1 Å². The number of aromatic nitrogens is 2. The lowest BCUT2D eigenvalue weighted by atomic mass is 10.1. The first-order valence-corrected chi connectivity index (χ1v) is 6.89. The molecule has 0 amide bonds. The molecule has 0 aliphatic carbocycles. The Morgan fingerprint density at radius 3 is 2.59 bits per heavy atom. The van der Waals surface area contributed by atoms with Crippen molar-refractivity contribution in [2.45, 2.75) is 33.6 Å². The van der Waals surface area contributed by atoms with E-state index in [0.717, 1.165) is 29.7 Å². The topological polar surface area (TPSA) is 47.0 Å². The van der Waals surface area contributed by atoms with E-state index in [4.69, 9.17) is 4.74 Å². The molecule has 1 aromatic heterocycles. The van der Waals surface area contributed by atoms with Gasteiger partial charge in [-0.1, -0.05) is 26.7 Å². The maximum Gasteiger partial charge on any atom is 0.233 e. The monoisotopic (exact) mass is 301 g/mol. The molecule has 0 saturated heterocycles. The Kier molecular flexibility index (Phi) is 6.26. The van der Waals surface area contributed by atoms with E-state index in [0.29, 0.717) is 18.4 Å². The van der Waals surface area contributed by atoms with Crippen LogP contribution in [0.3, 0.4) is 0 Å². The smallest absolute Gasteiger partial charge is 0.233 e. The Morgan fingerprint density at radius 1 is 1.29 bits per heavy atom. The highest BCUT2D eigenvalue weighted by molar-refractivity contribution is 9.10. The highest BCUT2D eigenvalue weighted by Gasteiger charge is 2.11. The third-order valence-electron chi connectivity index (χ3n) is 2.71. The van der Waals surface area contributed by atoms with Crippen molar-refractivity contribution in [3.8, 4) is 5.88 Å². The predicted molar refractivity (Wildman–Crippen MR) is 73.5 cm³/mol. The minimum Gasteiger partial charge on any atom is -0.476 e. The zero-order valence-corrected chi connectivity index (χ0v) is 12.2. The van der Waals surface area contributed by atoms with Crippen LogP contribution in [0, 0.1) is 5.92 Å². The first-order valence-electron chi connectivity index (χ1n) is 6.10. The molecule has 0 aliphatic heterocycles. The van der Waals surface area contributed by atoms with E-state index in [1.807, 2.05) is 6.92 Å². The molecule has 0 saturated carbocycles. The Morgan fingerprint density at radius 2 is 2.00 bits per heavy atom. The highest BCUT2D eigenvalue weighted by Crippen LogP contribution is 2.28. The Labute approximate surface area is 111 Å². The lowest BCUT2D eigenvalue weighted by Gasteiger charge is -2.14. The highest BCUT2D eigenvalue weighted by atomic mass is 79.9. The van der Waals surface area contributed by atoms with Crippen LogP contribution in [0.25, 0.3) is 0 Å². The van der Waals surface area contributed by atoms with Gasteiger partial charge in [-0.05, 0) is 28.8 Å². The standard InChI is InChI=1S/C12H20BrN3O/c1-4-9(5-2)7-17-12-10(13)11(14-6-3)15-8-16-12/h8-9H,4-7H2,1-3H3,(H,14,15,16). The van der Waals surface area contributed by atoms with Gasteiger partial charge in [-0.2, -0.15) is 0 Å². The number of hydrogen-bond acceptors (Lipinski definition) is 4. The first kappa shape index (κ1) is 14.2. The SMILES string of the molecule is CCNc1ncnc(OCC(CC)CC)c1Br. The van der Waals surface area contributed by atoms with E-state index in [9.17, 15) is 0 Å². The maximum atomic E-state index is 5.73. The molecule has 4 nitrogen and oxygen atoms in total. The molecule has 0 radical (unpaired) electrons. The second-order valence-electron chi connectivity index (χ2n) is 3.87. The average molecular weight is 302 g/mol. The fourth-order valence-electron chi connectivity index (χ4n) is 1.47. The molecule has 0 unspecified atom stereocenters. The number of halogens is 1. The molecule has 1 N–H and O–H groups in total. The van der Waals surface area contributed by atoms with Crippen LogP contribution in [-0.2, 0) is 0 Å². The van der Waals surface area contributed by atoms with Crippen LogP contribution < -0.4 is 10.1 Å². The van der Waals surface area contributed by atoms with Gasteiger partial charge in [-0.3, -0.25) is 0 Å². The minimum absolute atomic E-state index is 0.583. The Bertz CT molecular complexity index is 343. The molecule has 1 heterocycles. The molecule has 0 aromatic carbocycles. The molecule has 1 aromatic rings. The van der Waals surface area contributed by atoms with Gasteiger partial charge >= 0.3 is 0 Å². The van der Waals surface area contributed by atoms with Crippen LogP contribution in [0.4, 0.5) is 5.82 Å². The normalized spacial score (nSPS) is 10.6. The fraction of sp³-hybridized carbons (Fsp3) is 0.667. The van der Waals surface area contributed by atoms with Gasteiger partial charge in [-0.25, -0.2) is 9.97 Å². The van der Waals surface area contributed by atoms with E-state index >= 15 is 0 Å². The summed E-state index contributed by atoms with van der Waals surface area (Å²) in [5.74, 6) is 1.98. The van der Waals surface area contributed by atoms with Gasteiger partial charge in [0.15, 0.2) is 0 Å². The maximum absolute atomic E-state index is 5.73. The number of ether oxygens (including phenoxy) is 1. The summed E-state index contributed by atoms with van der Waals surface area (Å²) >= 11 is 3.46. The van der Waals surface area contributed by atoms with Crippen molar-refractivity contribution < 1.29 is 4.74 Å². The van der Waals surface area contributed by atoms with E-state index < -0.39 is 0 Å². The summed E-state index contributed by atoms with van der Waals surface area (Å²) in [5.41, 5.74) is 0. The number of nitrogens with one attached hydrogen (secondary N) is 1. The van der Waals surface area contributed by atoms with Crippen LogP contribution in [-0.4, -0.2) is 23.1 Å². The van der Waals surface area contributed by atoms with Gasteiger partial charge in [0.2, 0.25) is 5.88 Å². The van der Waals surface area contributed by atoms with Gasteiger partial charge in [0.05, 0.1) is 6.61 Å². The first-order chi connectivity index (χ1) is 8.22. The fourth-order valence-corrected chi connectivity index (χ4v) is 1.93. The van der Waals surface area contributed by atoms with Gasteiger partial charge < -0.3 is 10.1 Å². The van der Waals surface area contributed by atoms with Crippen molar-refractivity contribution in [1.29, 1.82) is 0 Å². The number of nitrogens with zero attached hydrogens (tertiary/aromatic N) is 2. The van der Waals surface area contributed by atoms with Gasteiger partial charge in [0.25, 0.3) is 0 Å². The number of anilines is 1. The Hall–Kier alpha value is -0.840. The average Bonchev–Trinajstić information content (AvgIpc) is 2.35. The number of rotatable bonds is 7. The molecule has 0 aliphatic rings. The largest absolute Gasteiger partial charge is 0.476 e. The molecule has 0 atom stereocenters. The molecule has 17 heavy (non-hydrogen) atoms. The summed E-state index contributed by atoms with van der Waals surface area (Å²) in [6, 6.07) is 0. The van der Waals surface area contributed by atoms with Crippen molar-refractivity contribution in [3.05, 3.63) is 10.8 Å². The molecule has 96 valence electrons. The summed E-state index contributed by atoms with van der Waals surface area (Å²) in [7, 11) is 0. The van der Waals surface area contributed by atoms with Gasteiger partial charge in [0, 0.05) is 6.54 Å². The number of hydrogen-bond donors (Lipinski definition) is 1. The summed E-state index contributed by atoms with van der Waals surface area (Å²) < 4.78 is 6.53. The van der Waals surface area contributed by atoms with Crippen molar-refractivity contribution in [1.82, 2.24) is 9.97 Å². The van der Waals surface area contributed by atoms with Crippen molar-refractivity contribution >= 4 is 21.7 Å². The van der Waals surface area contributed by atoms with Crippen LogP contribution in [0.5, 0.6) is 5.88 Å². The summed E-state index contributed by atoms with van der Waals surface area (Å²) in [6.45, 7) is 7.91. The molecule has 5 heteroatoms. The van der Waals surface area contributed by atoms with Gasteiger partial charge in [-0.15, -0.1) is 0 Å². The second-order valence-corrected chi connectivity index (χ2v) is 4.66. The molecule has 1 rings (SSSR count). The van der Waals surface area contributed by atoms with Crippen molar-refractivity contribution in [2.75, 3.05) is 18.5 Å². The predicted octanol–water partition coefficient (Wildman–Crippen LogP) is 3.49. The molecule has 0 spiro atoms. The van der Waals surface area contributed by atoms with E-state index in [-0.39, 0.29) is 0 Å². The van der Waals surface area contributed by atoms with Crippen LogP contribution in [0.15, 0.2) is 10.8 Å². The molecule has 0 fully saturated rings. The van der Waals surface area contributed by atoms with Crippen molar-refractivity contribution in [2.24, 2.45) is 5.92 Å². The summed E-state index contributed by atoms with van der Waals surface area (Å²) in [6.07, 6.45) is 3.77. The second kappa shape index (κ2) is 7.48.